The SMILES string of the molecule is CNc1cc(C(=O)Nc2ccc(Cl)cc2Br)cc(Cl)n1. The quantitative estimate of drug-likeness (QED) is 0.780. The minimum Gasteiger partial charge on any atom is -0.373 e. The average molecular weight is 375 g/mol. The molecule has 0 saturated heterocycles. The molecule has 0 unspecified atom stereocenters. The van der Waals surface area contributed by atoms with E-state index in [4.69, 9.17) is 23.2 Å². The van der Waals surface area contributed by atoms with E-state index in [1.54, 1.807) is 31.3 Å². The molecule has 0 atom stereocenters. The standard InChI is InChI=1S/C13H10BrCl2N3O/c1-17-12-5-7(4-11(16)19-12)13(20)18-10-3-2-8(15)6-9(10)14/h2-6H,1H3,(H,17,19)(H,18,20). The van der Waals surface area contributed by atoms with Crippen LogP contribution in [-0.4, -0.2) is 17.9 Å². The van der Waals surface area contributed by atoms with E-state index in [0.717, 1.165) is 0 Å². The molecule has 0 aliphatic heterocycles. The number of benzene rings is 1. The topological polar surface area (TPSA) is 54.0 Å². The molecule has 4 nitrogen and oxygen atoms in total. The molecule has 1 aromatic heterocycles. The van der Waals surface area contributed by atoms with E-state index in [-0.39, 0.29) is 11.1 Å². The summed E-state index contributed by atoms with van der Waals surface area (Å²) in [4.78, 5) is 16.2. The second kappa shape index (κ2) is 6.43. The largest absolute Gasteiger partial charge is 0.373 e. The smallest absolute Gasteiger partial charge is 0.255 e. The maximum absolute atomic E-state index is 12.2. The zero-order valence-corrected chi connectivity index (χ0v) is 13.5. The Hall–Kier alpha value is -1.30. The van der Waals surface area contributed by atoms with Gasteiger partial charge in [0, 0.05) is 22.1 Å². The highest BCUT2D eigenvalue weighted by Crippen LogP contribution is 2.26. The van der Waals surface area contributed by atoms with Crippen molar-refractivity contribution in [2.24, 2.45) is 0 Å². The fourth-order valence-corrected chi connectivity index (χ4v) is 2.53. The van der Waals surface area contributed by atoms with Crippen LogP contribution in [0.3, 0.4) is 0 Å². The molecule has 0 aliphatic rings. The van der Waals surface area contributed by atoms with Gasteiger partial charge in [0.1, 0.15) is 11.0 Å². The lowest BCUT2D eigenvalue weighted by Gasteiger charge is -2.09. The first kappa shape index (κ1) is 15.1. The number of pyridine rings is 1. The van der Waals surface area contributed by atoms with Crippen molar-refractivity contribution >= 4 is 56.5 Å². The molecular weight excluding hydrogens is 365 g/mol. The number of anilines is 2. The van der Waals surface area contributed by atoms with Crippen molar-refractivity contribution in [3.8, 4) is 0 Å². The Labute approximate surface area is 134 Å². The molecule has 0 radical (unpaired) electrons. The Bertz CT molecular complexity index is 664. The predicted molar refractivity (Wildman–Crippen MR) is 85.9 cm³/mol. The molecule has 1 heterocycles. The minimum atomic E-state index is -0.283. The highest BCUT2D eigenvalue weighted by Gasteiger charge is 2.11. The molecule has 20 heavy (non-hydrogen) atoms. The lowest BCUT2D eigenvalue weighted by Crippen LogP contribution is -2.13. The van der Waals surface area contributed by atoms with E-state index in [9.17, 15) is 4.79 Å². The average Bonchev–Trinajstić information content (AvgIpc) is 2.41. The molecule has 104 valence electrons. The molecule has 1 amide bonds. The van der Waals surface area contributed by atoms with Crippen molar-refractivity contribution in [2.45, 2.75) is 0 Å². The number of amides is 1. The highest BCUT2D eigenvalue weighted by molar-refractivity contribution is 9.10. The van der Waals surface area contributed by atoms with E-state index in [2.05, 4.69) is 31.5 Å². The van der Waals surface area contributed by atoms with E-state index in [0.29, 0.717) is 26.6 Å². The van der Waals surface area contributed by atoms with Gasteiger partial charge in [-0.15, -0.1) is 0 Å². The van der Waals surface area contributed by atoms with Crippen LogP contribution in [-0.2, 0) is 0 Å². The summed E-state index contributed by atoms with van der Waals surface area (Å²) in [6.07, 6.45) is 0. The Morgan fingerprint density at radius 1 is 1.25 bits per heavy atom. The van der Waals surface area contributed by atoms with Gasteiger partial charge in [-0.3, -0.25) is 4.79 Å². The van der Waals surface area contributed by atoms with Crippen LogP contribution in [0, 0.1) is 0 Å². The summed E-state index contributed by atoms with van der Waals surface area (Å²) < 4.78 is 0.701. The second-order valence-corrected chi connectivity index (χ2v) is 5.57. The van der Waals surface area contributed by atoms with E-state index in [1.807, 2.05) is 0 Å². The summed E-state index contributed by atoms with van der Waals surface area (Å²) in [5.41, 5.74) is 1.04. The molecule has 7 heteroatoms. The second-order valence-electron chi connectivity index (χ2n) is 3.89. The van der Waals surface area contributed by atoms with Crippen LogP contribution in [0.1, 0.15) is 10.4 Å². The fraction of sp³-hybridized carbons (Fsp3) is 0.0769. The van der Waals surface area contributed by atoms with Crippen molar-refractivity contribution in [1.29, 1.82) is 0 Å². The third-order valence-electron chi connectivity index (χ3n) is 2.49. The van der Waals surface area contributed by atoms with Crippen LogP contribution in [0.4, 0.5) is 11.5 Å². The van der Waals surface area contributed by atoms with Crippen molar-refractivity contribution in [1.82, 2.24) is 4.98 Å². The number of nitrogens with zero attached hydrogens (tertiary/aromatic N) is 1. The summed E-state index contributed by atoms with van der Waals surface area (Å²) in [5.74, 6) is 0.242. The van der Waals surface area contributed by atoms with E-state index < -0.39 is 0 Å². The van der Waals surface area contributed by atoms with Crippen molar-refractivity contribution in [3.63, 3.8) is 0 Å². The first-order valence-corrected chi connectivity index (χ1v) is 7.16. The van der Waals surface area contributed by atoms with E-state index >= 15 is 0 Å². The number of rotatable bonds is 3. The molecule has 0 spiro atoms. The van der Waals surface area contributed by atoms with Gasteiger partial charge in [0.15, 0.2) is 0 Å². The van der Waals surface area contributed by atoms with Gasteiger partial charge in [0.2, 0.25) is 0 Å². The van der Waals surface area contributed by atoms with Crippen molar-refractivity contribution in [3.05, 3.63) is 50.5 Å². The van der Waals surface area contributed by atoms with Crippen LogP contribution in [0.25, 0.3) is 0 Å². The Balaban J connectivity index is 2.26. The number of aromatic nitrogens is 1. The summed E-state index contributed by atoms with van der Waals surface area (Å²) >= 11 is 15.1. The zero-order valence-electron chi connectivity index (χ0n) is 10.4. The van der Waals surface area contributed by atoms with Crippen molar-refractivity contribution in [2.75, 3.05) is 17.7 Å². The predicted octanol–water partition coefficient (Wildman–Crippen LogP) is 4.44. The van der Waals surface area contributed by atoms with Crippen molar-refractivity contribution < 1.29 is 4.79 Å². The number of hydrogen-bond donors (Lipinski definition) is 2. The molecule has 0 saturated carbocycles. The van der Waals surface area contributed by atoms with Gasteiger partial charge < -0.3 is 10.6 Å². The first-order valence-electron chi connectivity index (χ1n) is 5.61. The van der Waals surface area contributed by atoms with Gasteiger partial charge in [-0.2, -0.15) is 0 Å². The fourth-order valence-electron chi connectivity index (χ4n) is 1.54. The molecule has 1 aromatic carbocycles. The van der Waals surface area contributed by atoms with Gasteiger partial charge in [-0.25, -0.2) is 4.98 Å². The lowest BCUT2D eigenvalue weighted by molar-refractivity contribution is 0.102. The van der Waals surface area contributed by atoms with Crippen LogP contribution >= 0.6 is 39.1 Å². The third kappa shape index (κ3) is 3.62. The highest BCUT2D eigenvalue weighted by atomic mass is 79.9. The maximum atomic E-state index is 12.2. The van der Waals surface area contributed by atoms with Crippen LogP contribution in [0.2, 0.25) is 10.2 Å². The molecule has 2 N–H and O–H groups in total. The number of halogens is 3. The maximum Gasteiger partial charge on any atom is 0.255 e. The summed E-state index contributed by atoms with van der Waals surface area (Å²) in [6.45, 7) is 0. The Kier molecular flexibility index (Phi) is 4.86. The first-order chi connectivity index (χ1) is 9.49. The van der Waals surface area contributed by atoms with E-state index in [1.165, 1.54) is 6.07 Å². The minimum absolute atomic E-state index is 0.247. The molecular formula is C13H10BrCl2N3O. The van der Waals surface area contributed by atoms with Gasteiger partial charge in [0.05, 0.1) is 5.69 Å². The number of hydrogen-bond acceptors (Lipinski definition) is 3. The van der Waals surface area contributed by atoms with Crippen LogP contribution in [0.5, 0.6) is 0 Å². The monoisotopic (exact) mass is 373 g/mol. The number of nitrogens with one attached hydrogen (secondary N) is 2. The lowest BCUT2D eigenvalue weighted by atomic mass is 10.2. The summed E-state index contributed by atoms with van der Waals surface area (Å²) in [6, 6.07) is 8.23. The Morgan fingerprint density at radius 3 is 2.65 bits per heavy atom. The van der Waals surface area contributed by atoms with Gasteiger partial charge >= 0.3 is 0 Å². The van der Waals surface area contributed by atoms with Gasteiger partial charge in [0.25, 0.3) is 5.91 Å². The zero-order chi connectivity index (χ0) is 14.7. The van der Waals surface area contributed by atoms with Crippen LogP contribution in [0.15, 0.2) is 34.8 Å². The van der Waals surface area contributed by atoms with Crippen LogP contribution < -0.4 is 10.6 Å². The molecule has 0 aliphatic carbocycles. The third-order valence-corrected chi connectivity index (χ3v) is 3.58. The van der Waals surface area contributed by atoms with Gasteiger partial charge in [-0.1, -0.05) is 23.2 Å². The normalized spacial score (nSPS) is 10.2. The number of carbonyl (C=O) groups excluding carboxylic acids is 1. The molecule has 0 bridgehead atoms. The molecule has 0 fully saturated rings. The Morgan fingerprint density at radius 2 is 2.00 bits per heavy atom. The summed E-state index contributed by atoms with van der Waals surface area (Å²) in [5, 5.41) is 6.45. The molecule has 2 aromatic rings. The summed E-state index contributed by atoms with van der Waals surface area (Å²) in [7, 11) is 1.70. The molecule has 2 rings (SSSR count). The van der Waals surface area contributed by atoms with Gasteiger partial charge in [-0.05, 0) is 46.3 Å². The number of carbonyl (C=O) groups is 1.